The van der Waals surface area contributed by atoms with Crippen LogP contribution in [-0.4, -0.2) is 38.6 Å². The topological polar surface area (TPSA) is 119 Å². The number of anilines is 1. The first-order chi connectivity index (χ1) is 16.2. The van der Waals surface area contributed by atoms with E-state index in [1.807, 2.05) is 0 Å². The maximum absolute atomic E-state index is 13.1. The summed E-state index contributed by atoms with van der Waals surface area (Å²) in [7, 11) is -3.84. The van der Waals surface area contributed by atoms with Crippen molar-refractivity contribution in [1.82, 2.24) is 5.48 Å². The van der Waals surface area contributed by atoms with Gasteiger partial charge in [-0.25, -0.2) is 13.9 Å². The number of hydrogen-bond acceptors (Lipinski definition) is 6. The van der Waals surface area contributed by atoms with Gasteiger partial charge in [-0.3, -0.25) is 14.4 Å². The summed E-state index contributed by atoms with van der Waals surface area (Å²) in [5, 5.41) is 0.540. The first kappa shape index (κ1) is 24.7. The van der Waals surface area contributed by atoms with Crippen molar-refractivity contribution in [1.29, 1.82) is 0 Å². The van der Waals surface area contributed by atoms with Gasteiger partial charge < -0.3 is 10.6 Å². The minimum absolute atomic E-state index is 0.0394. The Morgan fingerprint density at radius 2 is 1.82 bits per heavy atom. The third-order valence-corrected chi connectivity index (χ3v) is 8.36. The number of rotatable bonds is 6. The molecule has 0 unspecified atom stereocenters. The highest BCUT2D eigenvalue weighted by Gasteiger charge is 2.36. The maximum atomic E-state index is 13.1. The van der Waals surface area contributed by atoms with E-state index in [2.05, 4.69) is 5.48 Å². The quantitative estimate of drug-likeness (QED) is 0.582. The van der Waals surface area contributed by atoms with Gasteiger partial charge in [-0.15, -0.1) is 0 Å². The number of fused-ring (bicyclic) bond motifs is 1. The fourth-order valence-electron chi connectivity index (χ4n) is 4.42. The Bertz CT molecular complexity index is 1160. The molecule has 0 saturated heterocycles. The van der Waals surface area contributed by atoms with Gasteiger partial charge in [0.25, 0.3) is 5.91 Å². The standard InChI is InChI=1S/C24H28ClN3O5S/c25-19-9-6-16(7-10-19)13-28-21-12-18(23(29)27-33-14-17-4-2-1-3-5-17)8-11-22(21)34(31,32)15-20(26)24(28)30/h6-12,17,20H,1-5,13-15,26H2,(H,27,29)/t20-/m0/s1. The van der Waals surface area contributed by atoms with Gasteiger partial charge >= 0.3 is 0 Å². The van der Waals surface area contributed by atoms with E-state index >= 15 is 0 Å². The highest BCUT2D eigenvalue weighted by atomic mass is 35.5. The Morgan fingerprint density at radius 1 is 1.12 bits per heavy atom. The first-order valence-electron chi connectivity index (χ1n) is 11.3. The lowest BCUT2D eigenvalue weighted by Crippen LogP contribution is -2.45. The molecular weight excluding hydrogens is 478 g/mol. The zero-order valence-electron chi connectivity index (χ0n) is 18.7. The number of benzene rings is 2. The molecule has 1 fully saturated rings. The fraction of sp³-hybridized carbons (Fsp3) is 0.417. The Kier molecular flexibility index (Phi) is 7.57. The molecule has 8 nitrogen and oxygen atoms in total. The zero-order valence-corrected chi connectivity index (χ0v) is 20.3. The van der Waals surface area contributed by atoms with Gasteiger partial charge in [0.2, 0.25) is 5.91 Å². The molecule has 1 saturated carbocycles. The zero-order chi connectivity index (χ0) is 24.3. The normalized spacial score (nSPS) is 20.5. The van der Waals surface area contributed by atoms with E-state index in [1.54, 1.807) is 24.3 Å². The van der Waals surface area contributed by atoms with E-state index < -0.39 is 33.4 Å². The molecule has 0 bridgehead atoms. The largest absolute Gasteiger partial charge is 0.319 e. The van der Waals surface area contributed by atoms with Crippen molar-refractivity contribution in [3.05, 3.63) is 58.6 Å². The molecule has 0 aromatic heterocycles. The molecule has 1 heterocycles. The minimum Gasteiger partial charge on any atom is -0.319 e. The van der Waals surface area contributed by atoms with Crippen LogP contribution in [0, 0.1) is 5.92 Å². The number of hydroxylamine groups is 1. The lowest BCUT2D eigenvalue weighted by atomic mass is 9.90. The lowest BCUT2D eigenvalue weighted by Gasteiger charge is -2.25. The second-order valence-corrected chi connectivity index (χ2v) is 11.3. The van der Waals surface area contributed by atoms with Gasteiger partial charge in [-0.2, -0.15) is 0 Å². The van der Waals surface area contributed by atoms with E-state index in [9.17, 15) is 18.0 Å². The Balaban J connectivity index is 1.60. The predicted molar refractivity (Wildman–Crippen MR) is 129 cm³/mol. The average molecular weight is 506 g/mol. The SMILES string of the molecule is N[C@H]1CS(=O)(=O)c2ccc(C(=O)NOCC3CCCCC3)cc2N(Cc2ccc(Cl)cc2)C1=O. The van der Waals surface area contributed by atoms with Crippen LogP contribution in [0.2, 0.25) is 5.02 Å². The van der Waals surface area contributed by atoms with Crippen LogP contribution in [0.25, 0.3) is 0 Å². The molecule has 10 heteroatoms. The van der Waals surface area contributed by atoms with Crippen LogP contribution in [0.1, 0.15) is 48.0 Å². The number of nitrogens with zero attached hydrogens (tertiary/aromatic N) is 1. The summed E-state index contributed by atoms with van der Waals surface area (Å²) in [6.07, 6.45) is 5.72. The summed E-state index contributed by atoms with van der Waals surface area (Å²) in [6.45, 7) is 0.510. The number of nitrogens with one attached hydrogen (secondary N) is 1. The summed E-state index contributed by atoms with van der Waals surface area (Å²) in [6, 6.07) is 9.80. The summed E-state index contributed by atoms with van der Waals surface area (Å²) in [4.78, 5) is 32.5. The van der Waals surface area contributed by atoms with Crippen LogP contribution in [0.5, 0.6) is 0 Å². The monoisotopic (exact) mass is 505 g/mol. The molecule has 2 aromatic carbocycles. The molecule has 1 aliphatic heterocycles. The van der Waals surface area contributed by atoms with Crippen LogP contribution in [0.15, 0.2) is 47.4 Å². The smallest absolute Gasteiger partial charge is 0.274 e. The van der Waals surface area contributed by atoms with Crippen LogP contribution in [0.4, 0.5) is 5.69 Å². The minimum atomic E-state index is -3.84. The number of carbonyl (C=O) groups excluding carboxylic acids is 2. The summed E-state index contributed by atoms with van der Waals surface area (Å²) < 4.78 is 25.8. The van der Waals surface area contributed by atoms with Crippen LogP contribution in [-0.2, 0) is 26.0 Å². The lowest BCUT2D eigenvalue weighted by molar-refractivity contribution is -0.119. The molecule has 2 aromatic rings. The summed E-state index contributed by atoms with van der Waals surface area (Å²) >= 11 is 5.96. The number of amides is 2. The van der Waals surface area contributed by atoms with E-state index in [1.165, 1.54) is 42.4 Å². The van der Waals surface area contributed by atoms with Crippen molar-refractivity contribution in [2.75, 3.05) is 17.3 Å². The number of sulfone groups is 1. The number of carbonyl (C=O) groups is 2. The molecule has 1 aliphatic carbocycles. The molecule has 2 amide bonds. The summed E-state index contributed by atoms with van der Waals surface area (Å²) in [5.41, 5.74) is 9.43. The Labute approximate surface area is 204 Å². The second-order valence-electron chi connectivity index (χ2n) is 8.87. The van der Waals surface area contributed by atoms with Crippen LogP contribution >= 0.6 is 11.6 Å². The van der Waals surface area contributed by atoms with E-state index in [-0.39, 0.29) is 22.7 Å². The predicted octanol–water partition coefficient (Wildman–Crippen LogP) is 3.23. The maximum Gasteiger partial charge on any atom is 0.274 e. The van der Waals surface area contributed by atoms with Gasteiger partial charge in [0.15, 0.2) is 9.84 Å². The van der Waals surface area contributed by atoms with Crippen molar-refractivity contribution in [2.45, 2.75) is 49.6 Å². The van der Waals surface area contributed by atoms with E-state index in [0.717, 1.165) is 18.4 Å². The van der Waals surface area contributed by atoms with Gasteiger partial charge in [0.05, 0.1) is 35.5 Å². The molecule has 182 valence electrons. The highest BCUT2D eigenvalue weighted by Crippen LogP contribution is 2.33. The first-order valence-corrected chi connectivity index (χ1v) is 13.4. The third-order valence-electron chi connectivity index (χ3n) is 6.29. The van der Waals surface area contributed by atoms with Crippen molar-refractivity contribution >= 4 is 38.9 Å². The van der Waals surface area contributed by atoms with Gasteiger partial charge in [0.1, 0.15) is 0 Å². The number of halogens is 1. The van der Waals surface area contributed by atoms with Crippen LogP contribution in [0.3, 0.4) is 0 Å². The van der Waals surface area contributed by atoms with Crippen molar-refractivity contribution in [2.24, 2.45) is 11.7 Å². The average Bonchev–Trinajstić information content (AvgIpc) is 2.89. The molecular formula is C24H28ClN3O5S. The molecule has 2 aliphatic rings. The highest BCUT2D eigenvalue weighted by molar-refractivity contribution is 7.91. The van der Waals surface area contributed by atoms with Gasteiger partial charge in [-0.05, 0) is 54.7 Å². The molecule has 1 atom stereocenters. The molecule has 3 N–H and O–H groups in total. The van der Waals surface area contributed by atoms with E-state index in [0.29, 0.717) is 17.5 Å². The van der Waals surface area contributed by atoms with E-state index in [4.69, 9.17) is 22.2 Å². The Morgan fingerprint density at radius 3 is 2.53 bits per heavy atom. The Hall–Kier alpha value is -2.46. The van der Waals surface area contributed by atoms with Crippen molar-refractivity contribution in [3.63, 3.8) is 0 Å². The number of hydrogen-bond donors (Lipinski definition) is 2. The van der Waals surface area contributed by atoms with Crippen molar-refractivity contribution < 1.29 is 22.8 Å². The summed E-state index contributed by atoms with van der Waals surface area (Å²) in [5.74, 6) is -1.14. The second kappa shape index (κ2) is 10.4. The molecule has 4 rings (SSSR count). The third kappa shape index (κ3) is 5.60. The molecule has 34 heavy (non-hydrogen) atoms. The van der Waals surface area contributed by atoms with Crippen molar-refractivity contribution in [3.8, 4) is 0 Å². The molecule has 0 spiro atoms. The fourth-order valence-corrected chi connectivity index (χ4v) is 6.11. The van der Waals surface area contributed by atoms with Gasteiger partial charge in [0, 0.05) is 10.6 Å². The number of nitrogens with two attached hydrogens (primary N) is 1. The van der Waals surface area contributed by atoms with Crippen LogP contribution < -0.4 is 16.1 Å². The molecule has 0 radical (unpaired) electrons. The van der Waals surface area contributed by atoms with Gasteiger partial charge in [-0.1, -0.05) is 43.0 Å².